The number of aliphatic hydroxyl groups is 4. The molecule has 1 fully saturated rings. The second-order valence-corrected chi connectivity index (χ2v) is 3.42. The average Bonchev–Trinajstić information content (AvgIpc) is 2.20. The molecule has 4 atom stereocenters. The van der Waals surface area contributed by atoms with Crippen LogP contribution in [-0.2, 0) is 19.0 Å². The Kier molecular flexibility index (Phi) is 3.53. The highest BCUT2D eigenvalue weighted by molar-refractivity contribution is 5.66. The Hall–Kier alpha value is -0.770. The van der Waals surface area contributed by atoms with Crippen molar-refractivity contribution >= 4 is 5.97 Å². The summed E-state index contributed by atoms with van der Waals surface area (Å²) in [4.78, 5) is 10.8. The van der Waals surface area contributed by atoms with E-state index in [-0.39, 0.29) is 0 Å². The molecule has 8 heteroatoms. The second-order valence-electron chi connectivity index (χ2n) is 3.42. The Bertz CT molecular complexity index is 281. The Labute approximate surface area is 91.0 Å². The molecule has 0 amide bonds. The Morgan fingerprint density at radius 2 is 2.00 bits per heavy atom. The Morgan fingerprint density at radius 1 is 1.44 bits per heavy atom. The fourth-order valence-corrected chi connectivity index (χ4v) is 1.44. The van der Waals surface area contributed by atoms with Gasteiger partial charge in [-0.15, -0.1) is 0 Å². The van der Waals surface area contributed by atoms with E-state index in [0.717, 1.165) is 14.0 Å². The molecule has 0 radical (unpaired) electrons. The topological polar surface area (TPSA) is 126 Å². The van der Waals surface area contributed by atoms with Crippen LogP contribution in [-0.4, -0.2) is 64.1 Å². The molecule has 1 saturated heterocycles. The van der Waals surface area contributed by atoms with E-state index in [0.29, 0.717) is 0 Å². The zero-order valence-corrected chi connectivity index (χ0v) is 8.78. The van der Waals surface area contributed by atoms with E-state index in [1.807, 2.05) is 0 Å². The number of aliphatic hydroxyl groups excluding tert-OH is 2. The molecule has 0 aromatic rings. The summed E-state index contributed by atoms with van der Waals surface area (Å²) >= 11 is 0. The van der Waals surface area contributed by atoms with Gasteiger partial charge in [-0.25, -0.2) is 0 Å². The van der Waals surface area contributed by atoms with Gasteiger partial charge in [0.2, 0.25) is 0 Å². The van der Waals surface area contributed by atoms with Crippen LogP contribution in [0.2, 0.25) is 0 Å². The minimum atomic E-state index is -2.67. The normalized spacial score (nSPS) is 44.1. The van der Waals surface area contributed by atoms with Gasteiger partial charge in [0.05, 0.1) is 0 Å². The van der Waals surface area contributed by atoms with E-state index >= 15 is 0 Å². The molecule has 1 aliphatic rings. The van der Waals surface area contributed by atoms with Crippen molar-refractivity contribution in [3.63, 3.8) is 0 Å². The van der Waals surface area contributed by atoms with Crippen LogP contribution in [0.3, 0.4) is 0 Å². The fraction of sp³-hybridized carbons (Fsp3) is 0.875. The zero-order chi connectivity index (χ0) is 12.6. The van der Waals surface area contributed by atoms with Crippen LogP contribution in [0.15, 0.2) is 0 Å². The standard InChI is InChI=1S/C8H14O8/c1-4(9)16-7(12)3-15-6(11)5(10)8(7,13)14-2/h5-6,10-13H,3H2,1-2H3/t5-,6-,7-,8+/m0/s1. The van der Waals surface area contributed by atoms with Crippen LogP contribution in [0, 0.1) is 0 Å². The highest BCUT2D eigenvalue weighted by Gasteiger charge is 2.64. The predicted octanol–water partition coefficient (Wildman–Crippen LogP) is -2.72. The summed E-state index contributed by atoms with van der Waals surface area (Å²) in [5, 5.41) is 38.3. The minimum Gasteiger partial charge on any atom is -0.425 e. The van der Waals surface area contributed by atoms with E-state index < -0.39 is 36.5 Å². The lowest BCUT2D eigenvalue weighted by Gasteiger charge is -2.47. The first-order valence-electron chi connectivity index (χ1n) is 4.44. The maximum atomic E-state index is 10.8. The molecule has 0 aromatic heterocycles. The lowest BCUT2D eigenvalue weighted by molar-refractivity contribution is -0.450. The molecule has 0 aliphatic carbocycles. The molecule has 0 saturated carbocycles. The maximum Gasteiger partial charge on any atom is 0.305 e. The first-order valence-corrected chi connectivity index (χ1v) is 4.44. The van der Waals surface area contributed by atoms with Crippen LogP contribution >= 0.6 is 0 Å². The number of hydrogen-bond acceptors (Lipinski definition) is 8. The number of hydrogen-bond donors (Lipinski definition) is 4. The number of carbonyl (C=O) groups is 1. The summed E-state index contributed by atoms with van der Waals surface area (Å²) < 4.78 is 13.5. The van der Waals surface area contributed by atoms with Crippen LogP contribution in [0.5, 0.6) is 0 Å². The van der Waals surface area contributed by atoms with Gasteiger partial charge in [-0.2, -0.15) is 0 Å². The summed E-state index contributed by atoms with van der Waals surface area (Å²) in [6, 6.07) is 0. The van der Waals surface area contributed by atoms with Crippen molar-refractivity contribution < 1.29 is 39.4 Å². The minimum absolute atomic E-state index is 0.741. The number of carbonyl (C=O) groups excluding carboxylic acids is 1. The van der Waals surface area contributed by atoms with Crippen LogP contribution in [0.4, 0.5) is 0 Å². The molecule has 0 aromatic carbocycles. The van der Waals surface area contributed by atoms with Gasteiger partial charge in [-0.3, -0.25) is 4.79 Å². The summed E-state index contributed by atoms with van der Waals surface area (Å²) in [6.45, 7) is 0.251. The smallest absolute Gasteiger partial charge is 0.305 e. The van der Waals surface area contributed by atoms with Crippen LogP contribution in [0.25, 0.3) is 0 Å². The third kappa shape index (κ3) is 1.90. The molecular formula is C8H14O8. The van der Waals surface area contributed by atoms with Crippen molar-refractivity contribution in [1.82, 2.24) is 0 Å². The number of methoxy groups -OCH3 is 1. The monoisotopic (exact) mass is 238 g/mol. The molecule has 1 aliphatic heterocycles. The maximum absolute atomic E-state index is 10.8. The van der Waals surface area contributed by atoms with Crippen molar-refractivity contribution in [3.05, 3.63) is 0 Å². The first-order chi connectivity index (χ1) is 7.27. The number of esters is 1. The number of rotatable bonds is 2. The lowest BCUT2D eigenvalue weighted by atomic mass is 9.96. The van der Waals surface area contributed by atoms with Crippen molar-refractivity contribution in [2.75, 3.05) is 13.7 Å². The number of ether oxygens (including phenoxy) is 3. The molecule has 94 valence electrons. The molecule has 0 spiro atoms. The highest BCUT2D eigenvalue weighted by atomic mass is 16.8. The summed E-state index contributed by atoms with van der Waals surface area (Å²) in [5.41, 5.74) is 0. The van der Waals surface area contributed by atoms with Gasteiger partial charge in [0.25, 0.3) is 11.6 Å². The fourth-order valence-electron chi connectivity index (χ4n) is 1.44. The van der Waals surface area contributed by atoms with E-state index in [1.165, 1.54) is 0 Å². The molecule has 4 N–H and O–H groups in total. The van der Waals surface area contributed by atoms with E-state index in [4.69, 9.17) is 5.11 Å². The van der Waals surface area contributed by atoms with Crippen molar-refractivity contribution in [2.24, 2.45) is 0 Å². The van der Waals surface area contributed by atoms with Crippen molar-refractivity contribution in [3.8, 4) is 0 Å². The second kappa shape index (κ2) is 4.24. The quantitative estimate of drug-likeness (QED) is 0.302. The molecule has 1 heterocycles. The van der Waals surface area contributed by atoms with Crippen molar-refractivity contribution in [2.45, 2.75) is 30.9 Å². The van der Waals surface area contributed by atoms with Gasteiger partial charge < -0.3 is 34.6 Å². The van der Waals surface area contributed by atoms with Gasteiger partial charge in [-0.1, -0.05) is 0 Å². The highest BCUT2D eigenvalue weighted by Crippen LogP contribution is 2.35. The molecule has 0 unspecified atom stereocenters. The predicted molar refractivity (Wildman–Crippen MR) is 46.6 cm³/mol. The van der Waals surface area contributed by atoms with Gasteiger partial charge >= 0.3 is 5.97 Å². The molecule has 8 nitrogen and oxygen atoms in total. The Balaban J connectivity index is 3.03. The third-order valence-electron chi connectivity index (χ3n) is 2.30. The van der Waals surface area contributed by atoms with Crippen LogP contribution < -0.4 is 0 Å². The summed E-state index contributed by atoms with van der Waals surface area (Å²) in [7, 11) is 0.968. The summed E-state index contributed by atoms with van der Waals surface area (Å²) in [5.74, 6) is -6.17. The molecular weight excluding hydrogens is 224 g/mol. The Morgan fingerprint density at radius 3 is 2.44 bits per heavy atom. The van der Waals surface area contributed by atoms with Gasteiger partial charge in [0.15, 0.2) is 12.4 Å². The lowest BCUT2D eigenvalue weighted by Crippen LogP contribution is -2.72. The van der Waals surface area contributed by atoms with Gasteiger partial charge in [0, 0.05) is 14.0 Å². The van der Waals surface area contributed by atoms with Gasteiger partial charge in [-0.05, 0) is 0 Å². The molecule has 16 heavy (non-hydrogen) atoms. The van der Waals surface area contributed by atoms with E-state index in [1.54, 1.807) is 0 Å². The third-order valence-corrected chi connectivity index (χ3v) is 2.30. The zero-order valence-electron chi connectivity index (χ0n) is 8.78. The molecule has 1 rings (SSSR count). The van der Waals surface area contributed by atoms with E-state index in [2.05, 4.69) is 14.2 Å². The first kappa shape index (κ1) is 13.3. The largest absolute Gasteiger partial charge is 0.425 e. The summed E-state index contributed by atoms with van der Waals surface area (Å²) in [6.07, 6.45) is -3.75. The average molecular weight is 238 g/mol. The molecule has 0 bridgehead atoms. The SMILES string of the molecule is CO[C@]1(O)[C@@H](O)[C@@H](O)OC[C@]1(O)OC(C)=O. The van der Waals surface area contributed by atoms with E-state index in [9.17, 15) is 20.1 Å². The van der Waals surface area contributed by atoms with Crippen LogP contribution in [0.1, 0.15) is 6.92 Å². The van der Waals surface area contributed by atoms with Gasteiger partial charge in [0.1, 0.15) is 6.61 Å². The van der Waals surface area contributed by atoms with Crippen molar-refractivity contribution in [1.29, 1.82) is 0 Å².